The number of nitrogens with zero attached hydrogens (tertiary/aromatic N) is 1. The molecule has 2 heterocycles. The Morgan fingerprint density at radius 2 is 1.87 bits per heavy atom. The third-order valence-electron chi connectivity index (χ3n) is 5.72. The summed E-state index contributed by atoms with van der Waals surface area (Å²) in [6.07, 6.45) is 3.33. The smallest absolute Gasteiger partial charge is 0.287 e. The maximum absolute atomic E-state index is 12.8. The van der Waals surface area contributed by atoms with Crippen molar-refractivity contribution >= 4 is 28.5 Å². The van der Waals surface area contributed by atoms with Crippen LogP contribution in [0.15, 0.2) is 57.7 Å². The SMILES string of the molecule is CCc1ccc(C(CNC(=O)c2cc(=O)c3cc(Cl)ccc3o2)N2CCCC2)cc1. The number of hydrogen-bond acceptors (Lipinski definition) is 4. The van der Waals surface area contributed by atoms with E-state index in [0.717, 1.165) is 19.5 Å². The molecule has 3 aromatic rings. The molecule has 156 valence electrons. The Bertz CT molecular complexity index is 1100. The van der Waals surface area contributed by atoms with Crippen molar-refractivity contribution in [2.75, 3.05) is 19.6 Å². The second kappa shape index (κ2) is 9.02. The van der Waals surface area contributed by atoms with E-state index in [9.17, 15) is 9.59 Å². The molecule has 2 aromatic carbocycles. The fraction of sp³-hybridized carbons (Fsp3) is 0.333. The summed E-state index contributed by atoms with van der Waals surface area (Å²) in [7, 11) is 0. The number of benzene rings is 2. The fourth-order valence-corrected chi connectivity index (χ4v) is 4.18. The first-order chi connectivity index (χ1) is 14.5. The fourth-order valence-electron chi connectivity index (χ4n) is 4.00. The number of fused-ring (bicyclic) bond motifs is 1. The molecule has 6 heteroatoms. The lowest BCUT2D eigenvalue weighted by Crippen LogP contribution is -2.37. The van der Waals surface area contributed by atoms with Crippen molar-refractivity contribution in [3.8, 4) is 0 Å². The molecule has 1 fully saturated rings. The summed E-state index contributed by atoms with van der Waals surface area (Å²) in [5.41, 5.74) is 2.54. The van der Waals surface area contributed by atoms with Gasteiger partial charge in [0.2, 0.25) is 0 Å². The van der Waals surface area contributed by atoms with E-state index in [4.69, 9.17) is 16.0 Å². The number of likely N-dealkylation sites (tertiary alicyclic amines) is 1. The zero-order valence-corrected chi connectivity index (χ0v) is 17.7. The van der Waals surface area contributed by atoms with Gasteiger partial charge in [0.25, 0.3) is 5.91 Å². The van der Waals surface area contributed by atoms with E-state index in [1.807, 2.05) is 0 Å². The second-order valence-electron chi connectivity index (χ2n) is 7.68. The van der Waals surface area contributed by atoms with Gasteiger partial charge in [-0.05, 0) is 61.7 Å². The summed E-state index contributed by atoms with van der Waals surface area (Å²) < 4.78 is 5.67. The third kappa shape index (κ3) is 4.42. The summed E-state index contributed by atoms with van der Waals surface area (Å²) in [5.74, 6) is -0.380. The van der Waals surface area contributed by atoms with Crippen LogP contribution in [0.3, 0.4) is 0 Å². The van der Waals surface area contributed by atoms with Crippen molar-refractivity contribution < 1.29 is 9.21 Å². The van der Waals surface area contributed by atoms with E-state index in [-0.39, 0.29) is 17.2 Å². The molecular formula is C24H25ClN2O3. The van der Waals surface area contributed by atoms with Gasteiger partial charge in [0.15, 0.2) is 11.2 Å². The van der Waals surface area contributed by atoms with E-state index < -0.39 is 5.91 Å². The topological polar surface area (TPSA) is 62.6 Å². The molecule has 1 aliphatic heterocycles. The third-order valence-corrected chi connectivity index (χ3v) is 5.96. The molecule has 1 N–H and O–H groups in total. The summed E-state index contributed by atoms with van der Waals surface area (Å²) >= 11 is 5.95. The van der Waals surface area contributed by atoms with Gasteiger partial charge in [0.1, 0.15) is 5.58 Å². The summed E-state index contributed by atoms with van der Waals surface area (Å²) in [4.78, 5) is 27.6. The number of aryl methyl sites for hydroxylation is 1. The number of carbonyl (C=O) groups is 1. The highest BCUT2D eigenvalue weighted by Crippen LogP contribution is 2.25. The van der Waals surface area contributed by atoms with Gasteiger partial charge in [0, 0.05) is 17.6 Å². The van der Waals surface area contributed by atoms with Gasteiger partial charge < -0.3 is 9.73 Å². The Kier molecular flexibility index (Phi) is 6.21. The Labute approximate surface area is 180 Å². The van der Waals surface area contributed by atoms with Crippen LogP contribution in [0.25, 0.3) is 11.0 Å². The molecule has 0 saturated carbocycles. The van der Waals surface area contributed by atoms with Crippen molar-refractivity contribution in [1.82, 2.24) is 10.2 Å². The molecule has 5 nitrogen and oxygen atoms in total. The summed E-state index contributed by atoms with van der Waals surface area (Å²) in [6.45, 7) is 4.62. The zero-order valence-electron chi connectivity index (χ0n) is 17.0. The molecular weight excluding hydrogens is 400 g/mol. The lowest BCUT2D eigenvalue weighted by atomic mass is 10.0. The lowest BCUT2D eigenvalue weighted by Gasteiger charge is -2.28. The quantitative estimate of drug-likeness (QED) is 0.629. The Morgan fingerprint density at radius 3 is 2.57 bits per heavy atom. The lowest BCUT2D eigenvalue weighted by molar-refractivity contribution is 0.0910. The Hall–Kier alpha value is -2.63. The molecule has 0 bridgehead atoms. The highest BCUT2D eigenvalue weighted by Gasteiger charge is 2.24. The predicted octanol–water partition coefficient (Wildman–Crippen LogP) is 4.58. The van der Waals surface area contributed by atoms with E-state index in [1.54, 1.807) is 18.2 Å². The molecule has 1 saturated heterocycles. The van der Waals surface area contributed by atoms with Crippen LogP contribution in [0.5, 0.6) is 0 Å². The highest BCUT2D eigenvalue weighted by molar-refractivity contribution is 6.31. The van der Waals surface area contributed by atoms with Crippen molar-refractivity contribution in [3.63, 3.8) is 0 Å². The van der Waals surface area contributed by atoms with E-state index >= 15 is 0 Å². The van der Waals surface area contributed by atoms with Gasteiger partial charge in [-0.2, -0.15) is 0 Å². The molecule has 30 heavy (non-hydrogen) atoms. The number of amides is 1. The van der Waals surface area contributed by atoms with Gasteiger partial charge >= 0.3 is 0 Å². The molecule has 1 aromatic heterocycles. The molecule has 1 atom stereocenters. The largest absolute Gasteiger partial charge is 0.451 e. The number of carbonyl (C=O) groups excluding carboxylic acids is 1. The molecule has 0 radical (unpaired) electrons. The molecule has 0 spiro atoms. The zero-order chi connectivity index (χ0) is 21.1. The van der Waals surface area contributed by atoms with Gasteiger partial charge in [0.05, 0.1) is 11.4 Å². The van der Waals surface area contributed by atoms with Crippen LogP contribution in [0.1, 0.15) is 47.5 Å². The van der Waals surface area contributed by atoms with Gasteiger partial charge in [-0.1, -0.05) is 42.8 Å². The van der Waals surface area contributed by atoms with Gasteiger partial charge in [-0.3, -0.25) is 14.5 Å². The van der Waals surface area contributed by atoms with Crippen molar-refractivity contribution in [2.24, 2.45) is 0 Å². The first kappa shape index (κ1) is 20.6. The van der Waals surface area contributed by atoms with Gasteiger partial charge in [-0.25, -0.2) is 0 Å². The summed E-state index contributed by atoms with van der Waals surface area (Å²) in [5, 5.41) is 3.79. The highest BCUT2D eigenvalue weighted by atomic mass is 35.5. The molecule has 0 aliphatic carbocycles. The number of rotatable bonds is 6. The normalized spacial score (nSPS) is 15.4. The monoisotopic (exact) mass is 424 g/mol. The van der Waals surface area contributed by atoms with Crippen LogP contribution in [-0.4, -0.2) is 30.4 Å². The second-order valence-corrected chi connectivity index (χ2v) is 8.12. The molecule has 1 unspecified atom stereocenters. The summed E-state index contributed by atoms with van der Waals surface area (Å²) in [6, 6.07) is 14.7. The minimum absolute atomic E-state index is 0.0105. The minimum atomic E-state index is -0.390. The maximum atomic E-state index is 12.8. The van der Waals surface area contributed by atoms with Crippen LogP contribution in [0.4, 0.5) is 0 Å². The average molecular weight is 425 g/mol. The molecule has 4 rings (SSSR count). The van der Waals surface area contributed by atoms with E-state index in [0.29, 0.717) is 22.5 Å². The number of hydrogen-bond donors (Lipinski definition) is 1. The predicted molar refractivity (Wildman–Crippen MR) is 119 cm³/mol. The minimum Gasteiger partial charge on any atom is -0.451 e. The van der Waals surface area contributed by atoms with Crippen molar-refractivity contribution in [1.29, 1.82) is 0 Å². The Morgan fingerprint density at radius 1 is 1.13 bits per heavy atom. The van der Waals surface area contributed by atoms with E-state index in [2.05, 4.69) is 41.4 Å². The Balaban J connectivity index is 1.54. The van der Waals surface area contributed by atoms with E-state index in [1.165, 1.54) is 30.0 Å². The first-order valence-corrected chi connectivity index (χ1v) is 10.8. The van der Waals surface area contributed by atoms with Crippen LogP contribution in [-0.2, 0) is 6.42 Å². The first-order valence-electron chi connectivity index (χ1n) is 10.4. The van der Waals surface area contributed by atoms with Gasteiger partial charge in [-0.15, -0.1) is 0 Å². The van der Waals surface area contributed by atoms with Crippen LogP contribution in [0, 0.1) is 0 Å². The standard InChI is InChI=1S/C24H25ClN2O3/c1-2-16-5-7-17(8-6-16)20(27-11-3-4-12-27)15-26-24(29)23-14-21(28)19-13-18(25)9-10-22(19)30-23/h5-10,13-14,20H,2-4,11-12,15H2,1H3,(H,26,29). The van der Waals surface area contributed by atoms with Crippen LogP contribution in [0.2, 0.25) is 5.02 Å². The van der Waals surface area contributed by atoms with Crippen molar-refractivity contribution in [2.45, 2.75) is 32.2 Å². The maximum Gasteiger partial charge on any atom is 0.287 e. The average Bonchev–Trinajstić information content (AvgIpc) is 3.29. The van der Waals surface area contributed by atoms with Crippen molar-refractivity contribution in [3.05, 3.63) is 80.7 Å². The number of nitrogens with one attached hydrogen (secondary N) is 1. The molecule has 1 amide bonds. The molecule has 1 aliphatic rings. The number of halogens is 1. The van der Waals surface area contributed by atoms with Crippen LogP contribution < -0.4 is 10.7 Å². The van der Waals surface area contributed by atoms with Crippen LogP contribution >= 0.6 is 11.6 Å².